The van der Waals surface area contributed by atoms with Gasteiger partial charge in [-0.15, -0.1) is 0 Å². The van der Waals surface area contributed by atoms with Crippen LogP contribution in [0.3, 0.4) is 0 Å². The van der Waals surface area contributed by atoms with Crippen molar-refractivity contribution >= 4 is 22.1 Å². The largest absolute Gasteiger partial charge is 1.00 e. The number of rotatable bonds is 5. The smallest absolute Gasteiger partial charge is 1.00 e. The van der Waals surface area contributed by atoms with Gasteiger partial charge >= 0.3 is 30.8 Å². The normalized spacial score (nSPS) is 11.7. The van der Waals surface area contributed by atoms with Gasteiger partial charge in [0.15, 0.2) is 0 Å². The Hall–Kier alpha value is -1.33. The molecule has 1 rings (SSSR count). The van der Waals surface area contributed by atoms with Gasteiger partial charge in [-0.2, -0.15) is 8.42 Å². The van der Waals surface area contributed by atoms with E-state index in [0.29, 0.717) is 0 Å². The molecule has 0 atom stereocenters. The summed E-state index contributed by atoms with van der Waals surface area (Å²) < 4.78 is 37.2. The fraction of sp³-hybridized carbons (Fsp3) is 0.429. The fourth-order valence-corrected chi connectivity index (χ4v) is 2.15. The SMILES string of the molecule is CC(C)C(C)(C)OC(=O)c1ccc(C(=O)O)cc1S(=O)(=O)O.[H-].[Li+]. The van der Waals surface area contributed by atoms with Crippen LogP contribution in [-0.2, 0) is 14.9 Å². The summed E-state index contributed by atoms with van der Waals surface area (Å²) in [5.41, 5.74) is -1.65. The molecule has 0 saturated heterocycles. The number of carboxylic acids is 1. The number of ether oxygens (including phenoxy) is 1. The first-order chi connectivity index (χ1) is 9.86. The maximum absolute atomic E-state index is 12.2. The molecule has 0 spiro atoms. The molecule has 9 heteroatoms. The van der Waals surface area contributed by atoms with E-state index in [-0.39, 0.29) is 31.8 Å². The number of carboxylic acid groups (broad SMARTS) is 1. The van der Waals surface area contributed by atoms with Gasteiger partial charge in [0, 0.05) is 0 Å². The third kappa shape index (κ3) is 5.36. The molecule has 0 aliphatic rings. The Balaban J connectivity index is 0. The van der Waals surface area contributed by atoms with E-state index >= 15 is 0 Å². The van der Waals surface area contributed by atoms with Crippen LogP contribution in [0.25, 0.3) is 0 Å². The molecule has 1 aromatic rings. The molecule has 23 heavy (non-hydrogen) atoms. The van der Waals surface area contributed by atoms with E-state index in [4.69, 9.17) is 9.84 Å². The van der Waals surface area contributed by atoms with Crippen LogP contribution < -0.4 is 18.9 Å². The van der Waals surface area contributed by atoms with Crippen molar-refractivity contribution < 1.29 is 52.7 Å². The summed E-state index contributed by atoms with van der Waals surface area (Å²) in [5.74, 6) is -2.38. The maximum atomic E-state index is 12.2. The Morgan fingerprint density at radius 2 is 1.78 bits per heavy atom. The zero-order valence-electron chi connectivity index (χ0n) is 14.7. The molecule has 0 radical (unpaired) electrons. The summed E-state index contributed by atoms with van der Waals surface area (Å²) in [6.07, 6.45) is 0. The predicted molar refractivity (Wildman–Crippen MR) is 78.7 cm³/mol. The number of carbonyl (C=O) groups excluding carboxylic acids is 1. The van der Waals surface area contributed by atoms with Gasteiger partial charge in [0.25, 0.3) is 10.1 Å². The van der Waals surface area contributed by atoms with E-state index in [0.717, 1.165) is 18.2 Å². The molecule has 0 aliphatic heterocycles. The van der Waals surface area contributed by atoms with Crippen molar-refractivity contribution in [3.05, 3.63) is 29.3 Å². The van der Waals surface area contributed by atoms with Crippen molar-refractivity contribution in [3.8, 4) is 0 Å². The van der Waals surface area contributed by atoms with E-state index in [1.807, 2.05) is 13.8 Å². The third-order valence-corrected chi connectivity index (χ3v) is 4.37. The molecule has 124 valence electrons. The summed E-state index contributed by atoms with van der Waals surface area (Å²) >= 11 is 0. The van der Waals surface area contributed by atoms with Gasteiger partial charge in [0.05, 0.1) is 11.1 Å². The number of hydrogen-bond donors (Lipinski definition) is 2. The van der Waals surface area contributed by atoms with Crippen LogP contribution in [0, 0.1) is 5.92 Å². The third-order valence-electron chi connectivity index (χ3n) is 3.47. The van der Waals surface area contributed by atoms with E-state index in [2.05, 4.69) is 0 Å². The first kappa shape index (κ1) is 21.7. The van der Waals surface area contributed by atoms with Crippen LogP contribution in [0.1, 0.15) is 49.8 Å². The zero-order chi connectivity index (χ0) is 17.3. The van der Waals surface area contributed by atoms with Crippen molar-refractivity contribution in [2.75, 3.05) is 0 Å². The average molecular weight is 338 g/mol. The van der Waals surface area contributed by atoms with Gasteiger partial charge in [-0.1, -0.05) is 13.8 Å². The molecule has 0 fully saturated rings. The van der Waals surface area contributed by atoms with Crippen LogP contribution in [0.4, 0.5) is 0 Å². The minimum Gasteiger partial charge on any atom is -1.00 e. The molecule has 0 heterocycles. The quantitative estimate of drug-likeness (QED) is 0.416. The van der Waals surface area contributed by atoms with E-state index in [1.54, 1.807) is 13.8 Å². The summed E-state index contributed by atoms with van der Waals surface area (Å²) in [6, 6.07) is 2.79. The van der Waals surface area contributed by atoms with Gasteiger partial charge in [0.2, 0.25) is 0 Å². The Bertz CT molecular complexity index is 714. The van der Waals surface area contributed by atoms with Crippen molar-refractivity contribution in [3.63, 3.8) is 0 Å². The Morgan fingerprint density at radius 1 is 1.26 bits per heavy atom. The van der Waals surface area contributed by atoms with Gasteiger partial charge in [-0.25, -0.2) is 9.59 Å². The molecule has 0 amide bonds. The van der Waals surface area contributed by atoms with Crippen LogP contribution in [-0.4, -0.2) is 35.6 Å². The first-order valence-corrected chi connectivity index (χ1v) is 7.88. The van der Waals surface area contributed by atoms with Crippen LogP contribution in [0.2, 0.25) is 0 Å². The molecule has 1 aromatic carbocycles. The number of hydrogen-bond acceptors (Lipinski definition) is 5. The summed E-state index contributed by atoms with van der Waals surface area (Å²) in [7, 11) is -4.77. The molecule has 0 unspecified atom stereocenters. The summed E-state index contributed by atoms with van der Waals surface area (Å²) in [6.45, 7) is 6.97. The van der Waals surface area contributed by atoms with E-state index in [9.17, 15) is 22.6 Å². The van der Waals surface area contributed by atoms with Crippen LogP contribution in [0.5, 0.6) is 0 Å². The van der Waals surface area contributed by atoms with Crippen molar-refractivity contribution in [1.29, 1.82) is 0 Å². The minimum atomic E-state index is -4.77. The zero-order valence-corrected chi connectivity index (χ0v) is 14.5. The van der Waals surface area contributed by atoms with E-state index < -0.39 is 38.1 Å². The summed E-state index contributed by atoms with van der Waals surface area (Å²) in [5, 5.41) is 8.87. The Kier molecular flexibility index (Phi) is 7.06. The number of carbonyl (C=O) groups is 2. The molecule has 0 bridgehead atoms. The first-order valence-electron chi connectivity index (χ1n) is 6.44. The molecular weight excluding hydrogens is 319 g/mol. The monoisotopic (exact) mass is 338 g/mol. The topological polar surface area (TPSA) is 118 Å². The molecule has 2 N–H and O–H groups in total. The van der Waals surface area contributed by atoms with Crippen molar-refractivity contribution in [1.82, 2.24) is 0 Å². The maximum Gasteiger partial charge on any atom is 1.00 e. The Labute approximate surface area is 148 Å². The second kappa shape index (κ2) is 7.49. The van der Waals surface area contributed by atoms with Crippen molar-refractivity contribution in [2.45, 2.75) is 38.2 Å². The van der Waals surface area contributed by atoms with Crippen molar-refractivity contribution in [2.24, 2.45) is 5.92 Å². The van der Waals surface area contributed by atoms with Crippen LogP contribution in [0.15, 0.2) is 23.1 Å². The fourth-order valence-electron chi connectivity index (χ4n) is 1.45. The Morgan fingerprint density at radius 3 is 2.17 bits per heavy atom. The number of esters is 1. The van der Waals surface area contributed by atoms with Crippen LogP contribution >= 0.6 is 0 Å². The second-order valence-corrected chi connectivity index (χ2v) is 7.03. The number of benzene rings is 1. The number of aromatic carboxylic acids is 1. The molecule has 7 nitrogen and oxygen atoms in total. The molecular formula is C14H19LiO7S. The average Bonchev–Trinajstić information content (AvgIpc) is 2.36. The molecule has 0 aliphatic carbocycles. The van der Waals surface area contributed by atoms with E-state index in [1.165, 1.54) is 0 Å². The van der Waals surface area contributed by atoms with Gasteiger partial charge < -0.3 is 11.3 Å². The minimum absolute atomic E-state index is 0. The standard InChI is InChI=1S/C14H18O7S.Li.H/c1-8(2)14(3,4)21-13(17)10-6-5-9(12(15)16)7-11(10)22(18,19)20;;/h5-8H,1-4H3,(H,15,16)(H,18,19,20);;/q;+1;-1. The summed E-state index contributed by atoms with van der Waals surface area (Å²) in [4.78, 5) is 22.3. The molecule has 0 saturated carbocycles. The second-order valence-electron chi connectivity index (χ2n) is 5.64. The van der Waals surface area contributed by atoms with Gasteiger partial charge in [-0.05, 0) is 38.0 Å². The predicted octanol–water partition coefficient (Wildman–Crippen LogP) is -0.661. The van der Waals surface area contributed by atoms with Gasteiger partial charge in [0.1, 0.15) is 10.5 Å². The molecule has 0 aromatic heterocycles. The van der Waals surface area contributed by atoms with Gasteiger partial charge in [-0.3, -0.25) is 4.55 Å².